The smallest absolute Gasteiger partial charge is 0.386 e. The molecular weight excluding hydrogens is 210 g/mol. The number of nitrogens with zero attached hydrogens (tertiary/aromatic N) is 2. The van der Waals surface area contributed by atoms with Crippen molar-refractivity contribution in [2.24, 2.45) is 0 Å². The Hall–Kier alpha value is -1.69. The van der Waals surface area contributed by atoms with Crippen LogP contribution in [0.1, 0.15) is 20.8 Å². The molecule has 0 aliphatic rings. The first kappa shape index (κ1) is 12.4. The summed E-state index contributed by atoms with van der Waals surface area (Å²) in [6.45, 7) is 5.14. The fraction of sp³-hybridized carbons (Fsp3) is 0.500. The molecule has 1 heterocycles. The molecule has 1 rings (SSSR count). The molecule has 1 aromatic rings. The van der Waals surface area contributed by atoms with E-state index in [-0.39, 0.29) is 5.82 Å². The Balaban J connectivity index is 3.02. The van der Waals surface area contributed by atoms with Gasteiger partial charge in [-0.05, 0) is 42.8 Å². The highest BCUT2D eigenvalue weighted by Gasteiger charge is 2.27. The van der Waals surface area contributed by atoms with Crippen LogP contribution in [0.15, 0.2) is 18.3 Å². The zero-order valence-corrected chi connectivity index (χ0v) is 9.47. The van der Waals surface area contributed by atoms with Crippen LogP contribution in [0.3, 0.4) is 0 Å². The molecule has 2 N–H and O–H groups in total. The van der Waals surface area contributed by atoms with E-state index in [2.05, 4.69) is 10.3 Å². The maximum absolute atomic E-state index is 10.7. The van der Waals surface area contributed by atoms with Crippen molar-refractivity contribution in [3.8, 4) is 0 Å². The first-order chi connectivity index (χ1) is 7.34. The second-order valence-corrected chi connectivity index (χ2v) is 4.15. The third-order valence-corrected chi connectivity index (χ3v) is 2.46. The lowest BCUT2D eigenvalue weighted by Crippen LogP contribution is -2.42. The second-order valence-electron chi connectivity index (χ2n) is 4.15. The van der Waals surface area contributed by atoms with Crippen LogP contribution in [-0.4, -0.2) is 26.7 Å². The molecule has 0 fully saturated rings. The average molecular weight is 225 g/mol. The minimum Gasteiger partial charge on any atom is -0.391 e. The van der Waals surface area contributed by atoms with Crippen LogP contribution in [0.4, 0.5) is 11.5 Å². The zero-order valence-electron chi connectivity index (χ0n) is 9.47. The van der Waals surface area contributed by atoms with E-state index in [1.54, 1.807) is 32.9 Å². The first-order valence-electron chi connectivity index (χ1n) is 4.90. The zero-order chi connectivity index (χ0) is 12.3. The lowest BCUT2D eigenvalue weighted by Gasteiger charge is -2.29. The van der Waals surface area contributed by atoms with Gasteiger partial charge in [0.15, 0.2) is 0 Å². The normalized spacial score (nSPS) is 13.2. The van der Waals surface area contributed by atoms with Gasteiger partial charge < -0.3 is 20.5 Å². The standard InChI is InChI=1S/C10H15N3O3/c1-7(14)10(2,3)12-8-5-4-6-11-9(8)13(15)16/h4-7,12,14H,1-3H3. The van der Waals surface area contributed by atoms with Gasteiger partial charge in [0.1, 0.15) is 11.9 Å². The van der Waals surface area contributed by atoms with E-state index in [0.29, 0.717) is 5.69 Å². The number of nitrogens with one attached hydrogen (secondary N) is 1. The fourth-order valence-corrected chi connectivity index (χ4v) is 1.09. The van der Waals surface area contributed by atoms with E-state index in [1.807, 2.05) is 0 Å². The number of aromatic nitrogens is 1. The van der Waals surface area contributed by atoms with Gasteiger partial charge in [-0.15, -0.1) is 0 Å². The van der Waals surface area contributed by atoms with Crippen LogP contribution in [0, 0.1) is 10.1 Å². The van der Waals surface area contributed by atoms with Crippen molar-refractivity contribution < 1.29 is 10.0 Å². The Bertz CT molecular complexity index is 391. The van der Waals surface area contributed by atoms with Crippen LogP contribution in [0.2, 0.25) is 0 Å². The van der Waals surface area contributed by atoms with Crippen LogP contribution in [0.25, 0.3) is 0 Å². The van der Waals surface area contributed by atoms with E-state index in [1.165, 1.54) is 6.20 Å². The second kappa shape index (κ2) is 4.44. The van der Waals surface area contributed by atoms with Crippen molar-refractivity contribution in [3.63, 3.8) is 0 Å². The minimum atomic E-state index is -0.659. The number of nitro groups is 1. The first-order valence-corrected chi connectivity index (χ1v) is 4.90. The quantitative estimate of drug-likeness (QED) is 0.599. The predicted octanol–water partition coefficient (Wildman–Crippen LogP) is 1.56. The summed E-state index contributed by atoms with van der Waals surface area (Å²) >= 11 is 0. The number of hydrogen-bond acceptors (Lipinski definition) is 5. The summed E-state index contributed by atoms with van der Waals surface area (Å²) in [5.74, 6) is -0.240. The van der Waals surface area contributed by atoms with Gasteiger partial charge in [0.2, 0.25) is 0 Å². The Kier molecular flexibility index (Phi) is 3.44. The van der Waals surface area contributed by atoms with Crippen LogP contribution < -0.4 is 5.32 Å². The van der Waals surface area contributed by atoms with Crippen LogP contribution in [0.5, 0.6) is 0 Å². The third kappa shape index (κ3) is 2.66. The summed E-state index contributed by atoms with van der Waals surface area (Å²) in [6, 6.07) is 3.17. The highest BCUT2D eigenvalue weighted by atomic mass is 16.6. The van der Waals surface area contributed by atoms with Gasteiger partial charge in [-0.3, -0.25) is 0 Å². The van der Waals surface area contributed by atoms with Gasteiger partial charge in [0.25, 0.3) is 0 Å². The molecule has 88 valence electrons. The molecule has 0 aliphatic carbocycles. The Morgan fingerprint density at radius 3 is 2.75 bits per heavy atom. The van der Waals surface area contributed by atoms with Crippen molar-refractivity contribution in [2.75, 3.05) is 5.32 Å². The molecule has 0 saturated carbocycles. The molecule has 0 aliphatic heterocycles. The number of hydrogen-bond donors (Lipinski definition) is 2. The molecule has 6 heteroatoms. The maximum Gasteiger partial charge on any atom is 0.386 e. The summed E-state index contributed by atoms with van der Waals surface area (Å²) in [4.78, 5) is 13.8. The highest BCUT2D eigenvalue weighted by Crippen LogP contribution is 2.25. The Labute approximate surface area is 93.5 Å². The van der Waals surface area contributed by atoms with Crippen molar-refractivity contribution in [1.29, 1.82) is 0 Å². The summed E-state index contributed by atoms with van der Waals surface area (Å²) in [7, 11) is 0. The molecule has 6 nitrogen and oxygen atoms in total. The lowest BCUT2D eigenvalue weighted by atomic mass is 9.98. The average Bonchev–Trinajstić information content (AvgIpc) is 2.17. The van der Waals surface area contributed by atoms with Gasteiger partial charge in [0, 0.05) is 0 Å². The number of aliphatic hydroxyl groups is 1. The van der Waals surface area contributed by atoms with E-state index < -0.39 is 16.6 Å². The molecule has 1 aromatic heterocycles. The topological polar surface area (TPSA) is 88.3 Å². The molecule has 1 atom stereocenters. The fourth-order valence-electron chi connectivity index (χ4n) is 1.09. The summed E-state index contributed by atoms with van der Waals surface area (Å²) < 4.78 is 0. The van der Waals surface area contributed by atoms with Crippen LogP contribution in [-0.2, 0) is 0 Å². The number of aliphatic hydroxyl groups excluding tert-OH is 1. The molecule has 0 radical (unpaired) electrons. The van der Waals surface area contributed by atoms with Gasteiger partial charge in [-0.25, -0.2) is 0 Å². The SMILES string of the molecule is CC(O)C(C)(C)Nc1cccnc1[N+](=O)[O-]. The van der Waals surface area contributed by atoms with E-state index in [0.717, 1.165) is 0 Å². The third-order valence-electron chi connectivity index (χ3n) is 2.46. The van der Waals surface area contributed by atoms with Crippen molar-refractivity contribution in [2.45, 2.75) is 32.4 Å². The molecule has 0 bridgehead atoms. The monoisotopic (exact) mass is 225 g/mol. The largest absolute Gasteiger partial charge is 0.391 e. The van der Waals surface area contributed by atoms with E-state index in [4.69, 9.17) is 0 Å². The van der Waals surface area contributed by atoms with Crippen molar-refractivity contribution in [1.82, 2.24) is 4.98 Å². The van der Waals surface area contributed by atoms with Gasteiger partial charge >= 0.3 is 5.82 Å². The predicted molar refractivity (Wildman–Crippen MR) is 60.3 cm³/mol. The summed E-state index contributed by atoms with van der Waals surface area (Å²) in [5, 5.41) is 23.1. The van der Waals surface area contributed by atoms with E-state index in [9.17, 15) is 15.2 Å². The molecule has 16 heavy (non-hydrogen) atoms. The van der Waals surface area contributed by atoms with E-state index >= 15 is 0 Å². The Morgan fingerprint density at radius 2 is 2.25 bits per heavy atom. The lowest BCUT2D eigenvalue weighted by molar-refractivity contribution is -0.388. The number of rotatable bonds is 4. The molecule has 1 unspecified atom stereocenters. The Morgan fingerprint density at radius 1 is 1.62 bits per heavy atom. The summed E-state index contributed by atoms with van der Waals surface area (Å²) in [5.41, 5.74) is -0.355. The van der Waals surface area contributed by atoms with Crippen molar-refractivity contribution >= 4 is 11.5 Å². The van der Waals surface area contributed by atoms with Crippen LogP contribution >= 0.6 is 0 Å². The van der Waals surface area contributed by atoms with Crippen molar-refractivity contribution in [3.05, 3.63) is 28.4 Å². The van der Waals surface area contributed by atoms with Gasteiger partial charge in [0.05, 0.1) is 11.6 Å². The number of anilines is 1. The minimum absolute atomic E-state index is 0.240. The maximum atomic E-state index is 10.7. The molecule has 0 spiro atoms. The highest BCUT2D eigenvalue weighted by molar-refractivity contribution is 5.58. The van der Waals surface area contributed by atoms with Gasteiger partial charge in [-0.1, -0.05) is 0 Å². The molecule has 0 aromatic carbocycles. The molecule has 0 saturated heterocycles. The molecule has 0 amide bonds. The number of pyridine rings is 1. The summed E-state index contributed by atoms with van der Waals surface area (Å²) in [6.07, 6.45) is 0.714. The molecular formula is C10H15N3O3. The van der Waals surface area contributed by atoms with Gasteiger partial charge in [-0.2, -0.15) is 0 Å².